The van der Waals surface area contributed by atoms with E-state index in [0.717, 1.165) is 17.7 Å². The first-order valence-electron chi connectivity index (χ1n) is 7.40. The van der Waals surface area contributed by atoms with Gasteiger partial charge in [0.2, 0.25) is 9.84 Å². The van der Waals surface area contributed by atoms with Crippen LogP contribution >= 0.6 is 0 Å². The minimum Gasteiger partial charge on any atom is -0.314 e. The molecule has 0 unspecified atom stereocenters. The zero-order valence-electron chi connectivity index (χ0n) is 13.2. The number of anilines is 2. The molecule has 0 fully saturated rings. The van der Waals surface area contributed by atoms with Crippen molar-refractivity contribution in [3.8, 4) is 6.07 Å². The number of fused-ring (bicyclic) bond motifs is 1. The molecule has 4 nitrogen and oxygen atoms in total. The Bertz CT molecular complexity index is 971. The Labute approximate surface area is 140 Å². The van der Waals surface area contributed by atoms with Crippen molar-refractivity contribution < 1.29 is 12.8 Å². The van der Waals surface area contributed by atoms with Crippen LogP contribution in [0.15, 0.2) is 58.5 Å². The fourth-order valence-corrected chi connectivity index (χ4v) is 3.88. The van der Waals surface area contributed by atoms with Crippen LogP contribution in [0.1, 0.15) is 25.3 Å². The van der Waals surface area contributed by atoms with Crippen LogP contribution in [0.3, 0.4) is 0 Å². The van der Waals surface area contributed by atoms with Gasteiger partial charge in [-0.15, -0.1) is 0 Å². The number of nitrogens with zero attached hydrogens (tertiary/aromatic N) is 2. The van der Waals surface area contributed by atoms with Gasteiger partial charge < -0.3 is 4.90 Å². The Morgan fingerprint density at radius 2 is 1.79 bits per heavy atom. The third-order valence-corrected chi connectivity index (χ3v) is 5.65. The highest BCUT2D eigenvalue weighted by atomic mass is 32.2. The maximum absolute atomic E-state index is 13.7. The highest BCUT2D eigenvalue weighted by molar-refractivity contribution is 7.95. The number of hydrogen-bond acceptors (Lipinski definition) is 4. The molecule has 122 valence electrons. The molecule has 0 saturated carbocycles. The molecule has 1 heterocycles. The molecule has 24 heavy (non-hydrogen) atoms. The lowest BCUT2D eigenvalue weighted by Crippen LogP contribution is -2.21. The molecule has 0 radical (unpaired) electrons. The Hall–Kier alpha value is -2.65. The van der Waals surface area contributed by atoms with Crippen LogP contribution in [0.5, 0.6) is 0 Å². The van der Waals surface area contributed by atoms with E-state index in [4.69, 9.17) is 0 Å². The monoisotopic (exact) mass is 342 g/mol. The van der Waals surface area contributed by atoms with Crippen molar-refractivity contribution in [1.82, 2.24) is 0 Å². The quantitative estimate of drug-likeness (QED) is 0.766. The van der Waals surface area contributed by atoms with Gasteiger partial charge >= 0.3 is 0 Å². The summed E-state index contributed by atoms with van der Waals surface area (Å²) in [6.07, 6.45) is 1.24. The maximum atomic E-state index is 13.7. The van der Waals surface area contributed by atoms with Gasteiger partial charge in [0, 0.05) is 11.9 Å². The van der Waals surface area contributed by atoms with E-state index in [-0.39, 0.29) is 15.5 Å². The second-order valence-corrected chi connectivity index (χ2v) is 7.72. The number of hydrogen-bond donors (Lipinski definition) is 0. The molecular formula is C18H15FN2O2S. The topological polar surface area (TPSA) is 61.2 Å². The van der Waals surface area contributed by atoms with Crippen LogP contribution in [0.4, 0.5) is 15.8 Å². The number of halogens is 1. The summed E-state index contributed by atoms with van der Waals surface area (Å²) in [5.74, 6) is -0.183. The highest BCUT2D eigenvalue weighted by Crippen LogP contribution is 2.39. The van der Waals surface area contributed by atoms with Gasteiger partial charge in [0.25, 0.3) is 0 Å². The SMILES string of the molecule is CC(C)c1ccc(N2C=C(C#N)S(=O)(=O)c3ccc(F)cc32)cc1. The van der Waals surface area contributed by atoms with Gasteiger partial charge in [0.1, 0.15) is 11.9 Å². The van der Waals surface area contributed by atoms with Crippen molar-refractivity contribution in [2.45, 2.75) is 24.7 Å². The summed E-state index contributed by atoms with van der Waals surface area (Å²) in [6.45, 7) is 4.14. The van der Waals surface area contributed by atoms with Crippen molar-refractivity contribution in [1.29, 1.82) is 5.26 Å². The van der Waals surface area contributed by atoms with E-state index in [0.29, 0.717) is 11.6 Å². The minimum atomic E-state index is -3.92. The van der Waals surface area contributed by atoms with Crippen molar-refractivity contribution in [3.63, 3.8) is 0 Å². The van der Waals surface area contributed by atoms with Crippen LogP contribution in [0, 0.1) is 17.1 Å². The van der Waals surface area contributed by atoms with Gasteiger partial charge in [-0.1, -0.05) is 26.0 Å². The maximum Gasteiger partial charge on any atom is 0.220 e. The smallest absolute Gasteiger partial charge is 0.220 e. The fraction of sp³-hybridized carbons (Fsp3) is 0.167. The summed E-state index contributed by atoms with van der Waals surface area (Å²) < 4.78 is 38.5. The molecule has 0 atom stereocenters. The Morgan fingerprint density at radius 3 is 2.38 bits per heavy atom. The lowest BCUT2D eigenvalue weighted by molar-refractivity contribution is 0.600. The number of benzene rings is 2. The summed E-state index contributed by atoms with van der Waals surface area (Å²) in [7, 11) is -3.92. The fourth-order valence-electron chi connectivity index (χ4n) is 2.60. The van der Waals surface area contributed by atoms with E-state index >= 15 is 0 Å². The summed E-state index contributed by atoms with van der Waals surface area (Å²) >= 11 is 0. The highest BCUT2D eigenvalue weighted by Gasteiger charge is 2.32. The van der Waals surface area contributed by atoms with E-state index in [2.05, 4.69) is 13.8 Å². The molecule has 1 aliphatic heterocycles. The number of allylic oxidation sites excluding steroid dienone is 1. The number of rotatable bonds is 2. The van der Waals surface area contributed by atoms with Gasteiger partial charge in [-0.05, 0) is 41.8 Å². The van der Waals surface area contributed by atoms with Crippen LogP contribution in [0.2, 0.25) is 0 Å². The molecule has 0 amide bonds. The lowest BCUT2D eigenvalue weighted by atomic mass is 10.0. The van der Waals surface area contributed by atoms with Gasteiger partial charge in [-0.3, -0.25) is 0 Å². The van der Waals surface area contributed by atoms with E-state index < -0.39 is 15.7 Å². The molecule has 6 heteroatoms. The second kappa shape index (κ2) is 5.77. The Kier molecular flexibility index (Phi) is 3.90. The largest absolute Gasteiger partial charge is 0.314 e. The van der Waals surface area contributed by atoms with E-state index in [9.17, 15) is 18.1 Å². The van der Waals surface area contributed by atoms with Crippen molar-refractivity contribution in [3.05, 3.63) is 65.0 Å². The molecule has 0 aromatic heterocycles. The van der Waals surface area contributed by atoms with Crippen LogP contribution in [-0.4, -0.2) is 8.42 Å². The summed E-state index contributed by atoms with van der Waals surface area (Å²) in [5, 5.41) is 9.19. The standard InChI is InChI=1S/C18H15FN2O2S/c1-12(2)13-3-6-15(7-4-13)21-11-16(10-20)24(22,23)18-8-5-14(19)9-17(18)21/h3-9,11-12H,1-2H3. The van der Waals surface area contributed by atoms with E-state index in [1.54, 1.807) is 6.07 Å². The third kappa shape index (κ3) is 2.57. The van der Waals surface area contributed by atoms with Gasteiger partial charge in [-0.25, -0.2) is 12.8 Å². The molecule has 0 aliphatic carbocycles. The molecule has 0 spiro atoms. The molecule has 2 aromatic rings. The first-order chi connectivity index (χ1) is 11.3. The van der Waals surface area contributed by atoms with Crippen molar-refractivity contribution in [2.75, 3.05) is 4.90 Å². The zero-order valence-corrected chi connectivity index (χ0v) is 14.0. The molecule has 0 saturated heterocycles. The molecule has 2 aromatic carbocycles. The molecule has 0 N–H and O–H groups in total. The van der Waals surface area contributed by atoms with Gasteiger partial charge in [0.15, 0.2) is 4.91 Å². The number of nitriles is 1. The van der Waals surface area contributed by atoms with Crippen molar-refractivity contribution in [2.24, 2.45) is 0 Å². The molecule has 1 aliphatic rings. The van der Waals surface area contributed by atoms with E-state index in [1.807, 2.05) is 24.3 Å². The van der Waals surface area contributed by atoms with Crippen molar-refractivity contribution >= 4 is 21.2 Å². The first-order valence-corrected chi connectivity index (χ1v) is 8.88. The molecular weight excluding hydrogens is 327 g/mol. The van der Waals surface area contributed by atoms with Crippen LogP contribution in [-0.2, 0) is 9.84 Å². The van der Waals surface area contributed by atoms with Gasteiger partial charge in [0.05, 0.1) is 10.6 Å². The summed E-state index contributed by atoms with van der Waals surface area (Å²) in [5.41, 5.74) is 1.99. The van der Waals surface area contributed by atoms with Gasteiger partial charge in [-0.2, -0.15) is 5.26 Å². The van der Waals surface area contributed by atoms with E-state index in [1.165, 1.54) is 17.2 Å². The summed E-state index contributed by atoms with van der Waals surface area (Å²) in [4.78, 5) is 1.09. The number of sulfone groups is 1. The second-order valence-electron chi connectivity index (χ2n) is 5.84. The first kappa shape index (κ1) is 16.2. The predicted molar refractivity (Wildman–Crippen MR) is 90.0 cm³/mol. The Morgan fingerprint density at radius 1 is 1.12 bits per heavy atom. The summed E-state index contributed by atoms with van der Waals surface area (Å²) in [6, 6.07) is 12.7. The predicted octanol–water partition coefficient (Wildman–Crippen LogP) is 4.24. The minimum absolute atomic E-state index is 0.0733. The zero-order chi connectivity index (χ0) is 17.5. The Balaban J connectivity index is 2.21. The van der Waals surface area contributed by atoms with Crippen LogP contribution in [0.25, 0.3) is 0 Å². The third-order valence-electron chi connectivity index (χ3n) is 3.95. The average Bonchev–Trinajstić information content (AvgIpc) is 2.55. The molecule has 0 bridgehead atoms. The van der Waals surface area contributed by atoms with Crippen LogP contribution < -0.4 is 4.90 Å². The normalized spacial score (nSPS) is 15.6. The average molecular weight is 342 g/mol. The molecule has 3 rings (SSSR count). The lowest BCUT2D eigenvalue weighted by Gasteiger charge is -2.27.